The third kappa shape index (κ3) is 2.46. The van der Waals surface area contributed by atoms with Crippen molar-refractivity contribution in [1.29, 1.82) is 0 Å². The largest absolute Gasteiger partial charge is 0.490 e. The predicted molar refractivity (Wildman–Crippen MR) is 61.8 cm³/mol. The normalized spacial score (nSPS) is 20.8. The number of hydrogen-bond donors (Lipinski definition) is 1. The van der Waals surface area contributed by atoms with Crippen LogP contribution in [0.5, 0.6) is 5.75 Å². The van der Waals surface area contributed by atoms with Gasteiger partial charge in [0.15, 0.2) is 12.4 Å². The van der Waals surface area contributed by atoms with Gasteiger partial charge in [0.25, 0.3) is 0 Å². The summed E-state index contributed by atoms with van der Waals surface area (Å²) >= 11 is 0. The lowest BCUT2D eigenvalue weighted by Crippen LogP contribution is -2.49. The molecule has 0 bridgehead atoms. The number of ether oxygens (including phenoxy) is 2. The van der Waals surface area contributed by atoms with E-state index >= 15 is 0 Å². The molecule has 2 rings (SSSR count). The number of hydrogen-bond acceptors (Lipinski definition) is 5. The molecule has 1 aliphatic rings. The number of halogens is 2. The molecule has 1 aromatic carbocycles. The van der Waals surface area contributed by atoms with E-state index in [4.69, 9.17) is 4.74 Å². The first kappa shape index (κ1) is 14.0. The highest BCUT2D eigenvalue weighted by molar-refractivity contribution is 5.69. The van der Waals surface area contributed by atoms with Gasteiger partial charge in [-0.05, 0) is 11.6 Å². The maximum atomic E-state index is 13.7. The fourth-order valence-corrected chi connectivity index (χ4v) is 1.87. The molecule has 1 aliphatic heterocycles. The second kappa shape index (κ2) is 4.91. The van der Waals surface area contributed by atoms with Crippen LogP contribution in [0.25, 0.3) is 0 Å². The van der Waals surface area contributed by atoms with Gasteiger partial charge in [0.05, 0.1) is 12.0 Å². The van der Waals surface area contributed by atoms with Crippen molar-refractivity contribution in [2.75, 3.05) is 13.7 Å². The summed E-state index contributed by atoms with van der Waals surface area (Å²) in [6, 6.07) is 1.69. The summed E-state index contributed by atoms with van der Waals surface area (Å²) in [6.07, 6.45) is -1.00. The van der Waals surface area contributed by atoms with Crippen LogP contribution in [-0.2, 0) is 4.74 Å². The number of carbonyl (C=O) groups excluding carboxylic acids is 1. The van der Waals surface area contributed by atoms with Crippen LogP contribution in [0.4, 0.5) is 19.3 Å². The molecular weight excluding hydrogens is 278 g/mol. The second-order valence-corrected chi connectivity index (χ2v) is 4.10. The van der Waals surface area contributed by atoms with E-state index in [1.165, 1.54) is 19.2 Å². The molecule has 0 unspecified atom stereocenters. The van der Waals surface area contributed by atoms with Crippen molar-refractivity contribution in [3.8, 4) is 5.75 Å². The Morgan fingerprint density at radius 2 is 2.25 bits per heavy atom. The number of carbonyl (C=O) groups is 1. The SMILES string of the molecule is COc1ccc([C@@H]2NC(=O)OCC2(F)F)cc1[N+](=O)[O-]. The van der Waals surface area contributed by atoms with Gasteiger partial charge in [0.1, 0.15) is 6.04 Å². The lowest BCUT2D eigenvalue weighted by molar-refractivity contribution is -0.385. The Morgan fingerprint density at radius 1 is 1.55 bits per heavy atom. The highest BCUT2D eigenvalue weighted by Crippen LogP contribution is 2.37. The van der Waals surface area contributed by atoms with Crippen LogP contribution in [0.15, 0.2) is 18.2 Å². The fourth-order valence-electron chi connectivity index (χ4n) is 1.87. The van der Waals surface area contributed by atoms with Gasteiger partial charge >= 0.3 is 17.7 Å². The quantitative estimate of drug-likeness (QED) is 0.678. The maximum absolute atomic E-state index is 13.7. The minimum absolute atomic E-state index is 0.0551. The van der Waals surface area contributed by atoms with Crippen LogP contribution >= 0.6 is 0 Å². The summed E-state index contributed by atoms with van der Waals surface area (Å²) in [6.45, 7) is -1.08. The number of methoxy groups -OCH3 is 1. The summed E-state index contributed by atoms with van der Waals surface area (Å²) in [7, 11) is 1.23. The van der Waals surface area contributed by atoms with Crippen LogP contribution in [0.1, 0.15) is 11.6 Å². The van der Waals surface area contributed by atoms with Gasteiger partial charge in [0, 0.05) is 6.07 Å². The van der Waals surface area contributed by atoms with Crippen LogP contribution < -0.4 is 10.1 Å². The number of benzene rings is 1. The van der Waals surface area contributed by atoms with Gasteiger partial charge in [-0.1, -0.05) is 6.07 Å². The number of nitrogens with zero attached hydrogens (tertiary/aromatic N) is 1. The standard InChI is InChI=1S/C11H10F2N2O5/c1-19-8-3-2-6(4-7(8)15(17)18)9-11(12,13)5-20-10(16)14-9/h2-4,9H,5H2,1H3,(H,14,16)/t9-/m0/s1. The molecule has 1 fully saturated rings. The van der Waals surface area contributed by atoms with E-state index < -0.39 is 35.3 Å². The molecule has 7 nitrogen and oxygen atoms in total. The van der Waals surface area contributed by atoms with Gasteiger partial charge in [-0.15, -0.1) is 0 Å². The van der Waals surface area contributed by atoms with Gasteiger partial charge < -0.3 is 14.8 Å². The zero-order valence-electron chi connectivity index (χ0n) is 10.3. The third-order valence-electron chi connectivity index (χ3n) is 2.81. The lowest BCUT2D eigenvalue weighted by atomic mass is 9.99. The van der Waals surface area contributed by atoms with Crippen LogP contribution in [0.3, 0.4) is 0 Å². The van der Waals surface area contributed by atoms with Gasteiger partial charge in [-0.2, -0.15) is 0 Å². The minimum atomic E-state index is -3.36. The van der Waals surface area contributed by atoms with Gasteiger partial charge in [-0.3, -0.25) is 10.1 Å². The third-order valence-corrected chi connectivity index (χ3v) is 2.81. The predicted octanol–water partition coefficient (Wildman–Crippen LogP) is 2.02. The maximum Gasteiger partial charge on any atom is 0.408 e. The number of rotatable bonds is 3. The summed E-state index contributed by atoms with van der Waals surface area (Å²) in [5, 5.41) is 12.8. The number of nitro groups is 1. The van der Waals surface area contributed by atoms with Gasteiger partial charge in [0.2, 0.25) is 0 Å². The van der Waals surface area contributed by atoms with Crippen molar-refractivity contribution in [1.82, 2.24) is 5.32 Å². The smallest absolute Gasteiger partial charge is 0.408 e. The van der Waals surface area contributed by atoms with Crippen LogP contribution in [0, 0.1) is 10.1 Å². The van der Waals surface area contributed by atoms with Crippen molar-refractivity contribution < 1.29 is 28.0 Å². The molecule has 0 aromatic heterocycles. The van der Waals surface area contributed by atoms with E-state index in [9.17, 15) is 23.7 Å². The first-order valence-corrected chi connectivity index (χ1v) is 5.48. The highest BCUT2D eigenvalue weighted by Gasteiger charge is 2.47. The van der Waals surface area contributed by atoms with Crippen molar-refractivity contribution in [2.45, 2.75) is 12.0 Å². The average Bonchev–Trinajstić information content (AvgIpc) is 2.40. The molecule has 0 spiro atoms. The number of amides is 1. The average molecular weight is 288 g/mol. The Hall–Kier alpha value is -2.45. The molecule has 0 aliphatic carbocycles. The Labute approximate surface area is 111 Å². The van der Waals surface area contributed by atoms with Crippen molar-refractivity contribution in [2.24, 2.45) is 0 Å². The van der Waals surface area contributed by atoms with Crippen molar-refractivity contribution in [3.05, 3.63) is 33.9 Å². The van der Waals surface area contributed by atoms with Crippen LogP contribution in [0.2, 0.25) is 0 Å². The van der Waals surface area contributed by atoms with E-state index in [-0.39, 0.29) is 11.3 Å². The fraction of sp³-hybridized carbons (Fsp3) is 0.364. The molecule has 1 aromatic rings. The summed E-state index contributed by atoms with van der Waals surface area (Å²) in [4.78, 5) is 21.2. The Morgan fingerprint density at radius 3 is 2.85 bits per heavy atom. The van der Waals surface area contributed by atoms with E-state index in [1.54, 1.807) is 0 Å². The second-order valence-electron chi connectivity index (χ2n) is 4.10. The minimum Gasteiger partial charge on any atom is -0.490 e. The van der Waals surface area contributed by atoms with E-state index in [0.29, 0.717) is 0 Å². The molecule has 1 saturated heterocycles. The monoisotopic (exact) mass is 288 g/mol. The first-order valence-electron chi connectivity index (χ1n) is 5.48. The van der Waals surface area contributed by atoms with Crippen molar-refractivity contribution >= 4 is 11.8 Å². The van der Waals surface area contributed by atoms with E-state index in [1.807, 2.05) is 5.32 Å². The molecule has 1 amide bonds. The lowest BCUT2D eigenvalue weighted by Gasteiger charge is -2.31. The van der Waals surface area contributed by atoms with Gasteiger partial charge in [-0.25, -0.2) is 13.6 Å². The number of cyclic esters (lactones) is 1. The number of alkyl carbamates (subject to hydrolysis) is 1. The number of nitro benzene ring substituents is 1. The molecule has 20 heavy (non-hydrogen) atoms. The van der Waals surface area contributed by atoms with E-state index in [0.717, 1.165) is 6.07 Å². The molecule has 0 saturated carbocycles. The molecule has 0 radical (unpaired) electrons. The summed E-state index contributed by atoms with van der Waals surface area (Å²) in [5.41, 5.74) is -0.555. The molecule has 1 atom stereocenters. The molecular formula is C11H10F2N2O5. The Bertz CT molecular complexity index is 564. The highest BCUT2D eigenvalue weighted by atomic mass is 19.3. The molecule has 1 heterocycles. The first-order chi connectivity index (χ1) is 9.35. The number of alkyl halides is 2. The van der Waals surface area contributed by atoms with Crippen molar-refractivity contribution in [3.63, 3.8) is 0 Å². The topological polar surface area (TPSA) is 90.7 Å². The molecule has 9 heteroatoms. The zero-order chi connectivity index (χ0) is 14.9. The number of nitrogens with one attached hydrogen (secondary N) is 1. The van der Waals surface area contributed by atoms with Crippen LogP contribution in [-0.4, -0.2) is 30.7 Å². The molecule has 1 N–H and O–H groups in total. The Kier molecular flexibility index (Phi) is 3.43. The Balaban J connectivity index is 2.43. The van der Waals surface area contributed by atoms with E-state index in [2.05, 4.69) is 4.74 Å². The zero-order valence-corrected chi connectivity index (χ0v) is 10.3. The molecule has 108 valence electrons. The summed E-state index contributed by atoms with van der Waals surface area (Å²) in [5.74, 6) is -3.42. The summed E-state index contributed by atoms with van der Waals surface area (Å²) < 4.78 is 36.4.